The van der Waals surface area contributed by atoms with Crippen molar-refractivity contribution in [2.45, 2.75) is 329 Å². The van der Waals surface area contributed by atoms with Crippen molar-refractivity contribution < 1.29 is 28.6 Å². The van der Waals surface area contributed by atoms with Gasteiger partial charge in [0.2, 0.25) is 0 Å². The Labute approximate surface area is 447 Å². The van der Waals surface area contributed by atoms with Crippen LogP contribution in [0.4, 0.5) is 0 Å². The van der Waals surface area contributed by atoms with Crippen molar-refractivity contribution in [3.8, 4) is 0 Å². The van der Waals surface area contributed by atoms with Crippen LogP contribution in [0.15, 0.2) is 60.8 Å². The molecule has 0 fully saturated rings. The quantitative estimate of drug-likeness (QED) is 0.0261. The van der Waals surface area contributed by atoms with Crippen molar-refractivity contribution in [1.82, 2.24) is 0 Å². The van der Waals surface area contributed by atoms with Gasteiger partial charge in [-0.25, -0.2) is 0 Å². The number of esters is 3. The number of hydrogen-bond donors (Lipinski definition) is 0. The van der Waals surface area contributed by atoms with Crippen molar-refractivity contribution in [1.29, 1.82) is 0 Å². The second kappa shape index (κ2) is 60.7. The van der Waals surface area contributed by atoms with Gasteiger partial charge in [-0.2, -0.15) is 0 Å². The number of hydrogen-bond acceptors (Lipinski definition) is 6. The van der Waals surface area contributed by atoms with Gasteiger partial charge in [0.1, 0.15) is 13.2 Å². The van der Waals surface area contributed by atoms with Crippen LogP contribution in [0.2, 0.25) is 0 Å². The molecule has 0 aliphatic rings. The first-order valence-electron chi connectivity index (χ1n) is 31.3. The lowest BCUT2D eigenvalue weighted by molar-refractivity contribution is -0.167. The Morgan fingerprint density at radius 1 is 0.278 bits per heavy atom. The van der Waals surface area contributed by atoms with E-state index in [1.165, 1.54) is 180 Å². The van der Waals surface area contributed by atoms with Gasteiger partial charge < -0.3 is 14.2 Å². The lowest BCUT2D eigenvalue weighted by Gasteiger charge is -2.18. The minimum Gasteiger partial charge on any atom is -0.462 e. The third-order valence-corrected chi connectivity index (χ3v) is 13.7. The lowest BCUT2D eigenvalue weighted by Crippen LogP contribution is -2.30. The Hall–Kier alpha value is -2.89. The minimum atomic E-state index is -0.786. The Bertz CT molecular complexity index is 1290. The zero-order valence-corrected chi connectivity index (χ0v) is 47.9. The molecule has 72 heavy (non-hydrogen) atoms. The minimum absolute atomic E-state index is 0.0814. The summed E-state index contributed by atoms with van der Waals surface area (Å²) in [6, 6.07) is 0. The normalized spacial score (nSPS) is 12.4. The van der Waals surface area contributed by atoms with Gasteiger partial charge >= 0.3 is 17.9 Å². The summed E-state index contributed by atoms with van der Waals surface area (Å²) < 4.78 is 16.9. The predicted octanol–water partition coefficient (Wildman–Crippen LogP) is 21.2. The van der Waals surface area contributed by atoms with Crippen LogP contribution in [-0.2, 0) is 28.6 Å². The average Bonchev–Trinajstić information content (AvgIpc) is 3.38. The summed E-state index contributed by atoms with van der Waals surface area (Å²) in [5.74, 6) is -0.892. The molecule has 0 aromatic carbocycles. The van der Waals surface area contributed by atoms with Crippen molar-refractivity contribution in [2.75, 3.05) is 13.2 Å². The van der Waals surface area contributed by atoms with E-state index in [9.17, 15) is 14.4 Å². The van der Waals surface area contributed by atoms with Crippen LogP contribution in [0.25, 0.3) is 0 Å². The van der Waals surface area contributed by atoms with Crippen LogP contribution in [0.5, 0.6) is 0 Å². The van der Waals surface area contributed by atoms with Gasteiger partial charge in [-0.15, -0.1) is 0 Å². The molecule has 0 aliphatic carbocycles. The SMILES string of the molecule is CCCC/C=C\C/C=C\CCCCCCCC(=O)OCC(COC(=O)CCCCCCCCCCCCCCCCCCCCCCC)OC(=O)CCCCCCCC/C=C\C/C=C\C/C=C\CCCCC. The van der Waals surface area contributed by atoms with Crippen LogP contribution < -0.4 is 0 Å². The first-order chi connectivity index (χ1) is 35.5. The highest BCUT2D eigenvalue weighted by Crippen LogP contribution is 2.17. The third-order valence-electron chi connectivity index (χ3n) is 13.7. The van der Waals surface area contributed by atoms with Gasteiger partial charge in [-0.3, -0.25) is 14.4 Å². The fourth-order valence-electron chi connectivity index (χ4n) is 9.00. The molecule has 0 spiro atoms. The fourth-order valence-corrected chi connectivity index (χ4v) is 9.00. The van der Waals surface area contributed by atoms with Gasteiger partial charge in [0.25, 0.3) is 0 Å². The average molecular weight is 1010 g/mol. The van der Waals surface area contributed by atoms with E-state index >= 15 is 0 Å². The summed E-state index contributed by atoms with van der Waals surface area (Å²) in [4.78, 5) is 38.3. The molecule has 6 heteroatoms. The molecule has 0 rings (SSSR count). The summed E-state index contributed by atoms with van der Waals surface area (Å²) in [6.45, 7) is 6.59. The summed E-state index contributed by atoms with van der Waals surface area (Å²) in [7, 11) is 0. The number of ether oxygens (including phenoxy) is 3. The second-order valence-electron chi connectivity index (χ2n) is 21.0. The van der Waals surface area contributed by atoms with E-state index in [0.717, 1.165) is 103 Å². The Morgan fingerprint density at radius 3 is 0.847 bits per heavy atom. The molecule has 0 aliphatic heterocycles. The van der Waals surface area contributed by atoms with E-state index < -0.39 is 6.10 Å². The molecule has 0 N–H and O–H groups in total. The molecule has 0 heterocycles. The van der Waals surface area contributed by atoms with Crippen LogP contribution in [0, 0.1) is 0 Å². The summed E-state index contributed by atoms with van der Waals surface area (Å²) in [5.41, 5.74) is 0. The predicted molar refractivity (Wildman–Crippen MR) is 312 cm³/mol. The second-order valence-corrected chi connectivity index (χ2v) is 21.0. The number of carbonyl (C=O) groups excluding carboxylic acids is 3. The van der Waals surface area contributed by atoms with E-state index in [4.69, 9.17) is 14.2 Å². The molecule has 1 unspecified atom stereocenters. The highest BCUT2D eigenvalue weighted by molar-refractivity contribution is 5.71. The van der Waals surface area contributed by atoms with Crippen LogP contribution in [-0.4, -0.2) is 37.2 Å². The first-order valence-corrected chi connectivity index (χ1v) is 31.3. The highest BCUT2D eigenvalue weighted by atomic mass is 16.6. The molecule has 0 amide bonds. The first kappa shape index (κ1) is 69.1. The van der Waals surface area contributed by atoms with E-state index in [0.29, 0.717) is 19.3 Å². The van der Waals surface area contributed by atoms with E-state index in [1.807, 2.05) is 0 Å². The topological polar surface area (TPSA) is 78.9 Å². The highest BCUT2D eigenvalue weighted by Gasteiger charge is 2.19. The maximum absolute atomic E-state index is 12.9. The lowest BCUT2D eigenvalue weighted by atomic mass is 10.0. The maximum atomic E-state index is 12.9. The van der Waals surface area contributed by atoms with E-state index in [-0.39, 0.29) is 31.1 Å². The fraction of sp³-hybridized carbons (Fsp3) is 0.803. The Kier molecular flexibility index (Phi) is 58.2. The van der Waals surface area contributed by atoms with Gasteiger partial charge in [-0.1, -0.05) is 281 Å². The van der Waals surface area contributed by atoms with Crippen molar-refractivity contribution in [2.24, 2.45) is 0 Å². The molecular formula is C66H118O6. The third kappa shape index (κ3) is 58.0. The summed E-state index contributed by atoms with van der Waals surface area (Å²) in [5, 5.41) is 0. The molecular weight excluding hydrogens is 889 g/mol. The van der Waals surface area contributed by atoms with E-state index in [2.05, 4.69) is 81.5 Å². The summed E-state index contributed by atoms with van der Waals surface area (Å²) >= 11 is 0. The molecule has 0 bridgehead atoms. The molecule has 0 aromatic heterocycles. The number of carbonyl (C=O) groups is 3. The standard InChI is InChI=1S/C66H118O6/c1-4-7-10-13-16-19-22-25-28-30-32-33-35-36-38-41-44-47-50-53-56-59-65(68)71-62-63(61-70-64(67)58-55-52-49-46-43-40-27-24-21-18-15-12-9-6-3)72-66(69)60-57-54-51-48-45-42-39-37-34-31-29-26-23-20-17-14-11-8-5-2/h15,17-18,20,24,26-27,29,34,37,63H,4-14,16,19,21-23,25,28,30-33,35-36,38-62H2,1-3H3/b18-15-,20-17-,27-24-,29-26-,37-34-. The van der Waals surface area contributed by atoms with Crippen molar-refractivity contribution in [3.05, 3.63) is 60.8 Å². The smallest absolute Gasteiger partial charge is 0.306 e. The molecule has 0 radical (unpaired) electrons. The Balaban J connectivity index is 4.35. The van der Waals surface area contributed by atoms with Crippen LogP contribution in [0.3, 0.4) is 0 Å². The van der Waals surface area contributed by atoms with Gasteiger partial charge in [0.15, 0.2) is 6.10 Å². The molecule has 0 saturated heterocycles. The van der Waals surface area contributed by atoms with Crippen LogP contribution >= 0.6 is 0 Å². The van der Waals surface area contributed by atoms with E-state index in [1.54, 1.807) is 0 Å². The van der Waals surface area contributed by atoms with Gasteiger partial charge in [0, 0.05) is 19.3 Å². The van der Waals surface area contributed by atoms with Crippen molar-refractivity contribution in [3.63, 3.8) is 0 Å². The molecule has 0 aromatic rings. The summed E-state index contributed by atoms with van der Waals surface area (Å²) in [6.07, 6.45) is 76.5. The number of allylic oxidation sites excluding steroid dienone is 10. The molecule has 418 valence electrons. The number of rotatable bonds is 57. The zero-order chi connectivity index (χ0) is 52.2. The largest absolute Gasteiger partial charge is 0.462 e. The van der Waals surface area contributed by atoms with Crippen molar-refractivity contribution >= 4 is 17.9 Å². The maximum Gasteiger partial charge on any atom is 0.306 e. The van der Waals surface area contributed by atoms with Crippen LogP contribution in [0.1, 0.15) is 323 Å². The molecule has 0 saturated carbocycles. The molecule has 1 atom stereocenters. The Morgan fingerprint density at radius 2 is 0.514 bits per heavy atom. The molecule has 6 nitrogen and oxygen atoms in total. The number of unbranched alkanes of at least 4 members (excludes halogenated alkanes) is 36. The monoisotopic (exact) mass is 1010 g/mol. The zero-order valence-electron chi connectivity index (χ0n) is 47.9. The van der Waals surface area contributed by atoms with Gasteiger partial charge in [-0.05, 0) is 83.5 Å². The van der Waals surface area contributed by atoms with Gasteiger partial charge in [0.05, 0.1) is 0 Å².